The molecule has 0 atom stereocenters. The number of hydrogen-bond donors (Lipinski definition) is 1. The van der Waals surface area contributed by atoms with Gasteiger partial charge in [-0.2, -0.15) is 0 Å². The molecule has 0 radical (unpaired) electrons. The van der Waals surface area contributed by atoms with Crippen LogP contribution in [0.4, 0.5) is 0 Å². The summed E-state index contributed by atoms with van der Waals surface area (Å²) in [7, 11) is 0. The average molecular weight is 184 g/mol. The zero-order valence-electron chi connectivity index (χ0n) is 7.20. The SMILES string of the molecule is CC(C)Cn1c(C=O)c[nH]c1=S. The molecule has 1 aromatic heterocycles. The van der Waals surface area contributed by atoms with Crippen LogP contribution in [0.5, 0.6) is 0 Å². The van der Waals surface area contributed by atoms with Crippen molar-refractivity contribution < 1.29 is 4.79 Å². The Morgan fingerprint density at radius 1 is 1.75 bits per heavy atom. The number of carbonyl (C=O) groups is 1. The second-order valence-electron chi connectivity index (χ2n) is 3.14. The van der Waals surface area contributed by atoms with Crippen molar-refractivity contribution in [3.05, 3.63) is 16.7 Å². The Labute approximate surface area is 76.4 Å². The maximum Gasteiger partial charge on any atom is 0.177 e. The van der Waals surface area contributed by atoms with Crippen LogP contribution in [0.15, 0.2) is 6.20 Å². The highest BCUT2D eigenvalue weighted by atomic mass is 32.1. The Kier molecular flexibility index (Phi) is 2.81. The Balaban J connectivity index is 3.02. The summed E-state index contributed by atoms with van der Waals surface area (Å²) < 4.78 is 2.43. The van der Waals surface area contributed by atoms with Gasteiger partial charge in [-0.15, -0.1) is 0 Å². The van der Waals surface area contributed by atoms with E-state index in [2.05, 4.69) is 18.8 Å². The van der Waals surface area contributed by atoms with Gasteiger partial charge in [0.15, 0.2) is 11.1 Å². The van der Waals surface area contributed by atoms with Gasteiger partial charge in [-0.1, -0.05) is 13.8 Å². The number of H-pyrrole nitrogens is 1. The summed E-state index contributed by atoms with van der Waals surface area (Å²) in [6.45, 7) is 4.96. The Hall–Kier alpha value is -0.900. The summed E-state index contributed by atoms with van der Waals surface area (Å²) in [5.74, 6) is 0.492. The standard InChI is InChI=1S/C8H12N2OS/c1-6(2)4-10-7(5-11)3-9-8(10)12/h3,5-6H,4H2,1-2H3,(H,9,12). The van der Waals surface area contributed by atoms with E-state index in [0.29, 0.717) is 16.4 Å². The van der Waals surface area contributed by atoms with Crippen molar-refractivity contribution in [3.8, 4) is 0 Å². The molecule has 0 aliphatic rings. The van der Waals surface area contributed by atoms with Crippen LogP contribution in [0.2, 0.25) is 0 Å². The van der Waals surface area contributed by atoms with E-state index in [1.54, 1.807) is 6.20 Å². The third kappa shape index (κ3) is 1.82. The number of aromatic nitrogens is 2. The van der Waals surface area contributed by atoms with Crippen LogP contribution >= 0.6 is 12.2 Å². The molecule has 0 saturated carbocycles. The summed E-state index contributed by atoms with van der Waals surface area (Å²) >= 11 is 5.01. The smallest absolute Gasteiger partial charge is 0.177 e. The maximum absolute atomic E-state index is 10.5. The van der Waals surface area contributed by atoms with Crippen LogP contribution in [0.1, 0.15) is 24.3 Å². The first kappa shape index (κ1) is 9.19. The number of nitrogens with zero attached hydrogens (tertiary/aromatic N) is 1. The van der Waals surface area contributed by atoms with E-state index in [-0.39, 0.29) is 0 Å². The van der Waals surface area contributed by atoms with E-state index in [9.17, 15) is 4.79 Å². The summed E-state index contributed by atoms with van der Waals surface area (Å²) in [5.41, 5.74) is 0.619. The highest BCUT2D eigenvalue weighted by Gasteiger charge is 2.03. The molecule has 1 heterocycles. The minimum Gasteiger partial charge on any atom is -0.337 e. The molecule has 3 nitrogen and oxygen atoms in total. The first-order valence-corrected chi connectivity index (χ1v) is 4.29. The molecular formula is C8H12N2OS. The van der Waals surface area contributed by atoms with E-state index in [4.69, 9.17) is 12.2 Å². The second kappa shape index (κ2) is 3.67. The predicted octanol–water partition coefficient (Wildman–Crippen LogP) is 2.01. The van der Waals surface area contributed by atoms with Crippen LogP contribution in [-0.4, -0.2) is 15.8 Å². The van der Waals surface area contributed by atoms with Crippen molar-refractivity contribution >= 4 is 18.5 Å². The zero-order chi connectivity index (χ0) is 9.14. The molecule has 1 rings (SSSR count). The van der Waals surface area contributed by atoms with Crippen molar-refractivity contribution in [2.24, 2.45) is 5.92 Å². The van der Waals surface area contributed by atoms with Crippen LogP contribution < -0.4 is 0 Å². The molecule has 0 fully saturated rings. The van der Waals surface area contributed by atoms with Crippen molar-refractivity contribution in [1.82, 2.24) is 9.55 Å². The van der Waals surface area contributed by atoms with Crippen molar-refractivity contribution in [3.63, 3.8) is 0 Å². The number of rotatable bonds is 3. The number of aldehydes is 1. The summed E-state index contributed by atoms with van der Waals surface area (Å²) in [6, 6.07) is 0. The van der Waals surface area contributed by atoms with E-state index in [1.807, 2.05) is 4.57 Å². The molecule has 0 aromatic carbocycles. The fourth-order valence-electron chi connectivity index (χ4n) is 1.06. The fourth-order valence-corrected chi connectivity index (χ4v) is 1.30. The van der Waals surface area contributed by atoms with E-state index in [1.165, 1.54) is 0 Å². The molecule has 0 aliphatic carbocycles. The Morgan fingerprint density at radius 2 is 2.42 bits per heavy atom. The molecule has 0 aliphatic heterocycles. The largest absolute Gasteiger partial charge is 0.337 e. The fraction of sp³-hybridized carbons (Fsp3) is 0.500. The van der Waals surface area contributed by atoms with E-state index < -0.39 is 0 Å². The number of aromatic amines is 1. The molecule has 0 saturated heterocycles. The van der Waals surface area contributed by atoms with Gasteiger partial charge in [0.25, 0.3) is 0 Å². The highest BCUT2D eigenvalue weighted by Crippen LogP contribution is 2.03. The van der Waals surface area contributed by atoms with Gasteiger partial charge in [0.1, 0.15) is 0 Å². The van der Waals surface area contributed by atoms with Crippen LogP contribution in [0, 0.1) is 10.7 Å². The molecular weight excluding hydrogens is 172 g/mol. The highest BCUT2D eigenvalue weighted by molar-refractivity contribution is 7.71. The van der Waals surface area contributed by atoms with Crippen LogP contribution in [0.25, 0.3) is 0 Å². The molecule has 66 valence electrons. The van der Waals surface area contributed by atoms with E-state index in [0.717, 1.165) is 12.8 Å². The molecule has 1 N–H and O–H groups in total. The topological polar surface area (TPSA) is 37.8 Å². The molecule has 0 amide bonds. The van der Waals surface area contributed by atoms with Gasteiger partial charge < -0.3 is 9.55 Å². The molecule has 4 heteroatoms. The first-order chi connectivity index (χ1) is 5.65. The number of imidazole rings is 1. The zero-order valence-corrected chi connectivity index (χ0v) is 8.02. The van der Waals surface area contributed by atoms with Gasteiger partial charge in [0.2, 0.25) is 0 Å². The summed E-state index contributed by atoms with van der Waals surface area (Å²) in [5, 5.41) is 0. The van der Waals surface area contributed by atoms with Crippen LogP contribution in [0.3, 0.4) is 0 Å². The molecule has 0 bridgehead atoms. The Morgan fingerprint density at radius 3 is 2.92 bits per heavy atom. The maximum atomic E-state index is 10.5. The van der Waals surface area contributed by atoms with Gasteiger partial charge in [0.05, 0.1) is 5.69 Å². The monoisotopic (exact) mass is 184 g/mol. The second-order valence-corrected chi connectivity index (χ2v) is 3.53. The predicted molar refractivity (Wildman–Crippen MR) is 49.8 cm³/mol. The normalized spacial score (nSPS) is 10.6. The minimum atomic E-state index is 0.492. The molecule has 12 heavy (non-hydrogen) atoms. The third-order valence-corrected chi connectivity index (χ3v) is 1.91. The lowest BCUT2D eigenvalue weighted by atomic mass is 10.2. The summed E-state index contributed by atoms with van der Waals surface area (Å²) in [4.78, 5) is 13.4. The molecule has 0 spiro atoms. The number of nitrogens with one attached hydrogen (secondary N) is 1. The third-order valence-electron chi connectivity index (χ3n) is 1.57. The quantitative estimate of drug-likeness (QED) is 0.576. The van der Waals surface area contributed by atoms with Crippen molar-refractivity contribution in [1.29, 1.82) is 0 Å². The number of hydrogen-bond acceptors (Lipinski definition) is 2. The molecule has 0 unspecified atom stereocenters. The van der Waals surface area contributed by atoms with Gasteiger partial charge in [0, 0.05) is 12.7 Å². The van der Waals surface area contributed by atoms with E-state index >= 15 is 0 Å². The summed E-state index contributed by atoms with van der Waals surface area (Å²) in [6.07, 6.45) is 2.45. The molecule has 1 aromatic rings. The lowest BCUT2D eigenvalue weighted by Crippen LogP contribution is -2.07. The van der Waals surface area contributed by atoms with Crippen molar-refractivity contribution in [2.45, 2.75) is 20.4 Å². The van der Waals surface area contributed by atoms with Crippen LogP contribution in [-0.2, 0) is 6.54 Å². The average Bonchev–Trinajstić information content (AvgIpc) is 2.32. The van der Waals surface area contributed by atoms with Gasteiger partial charge >= 0.3 is 0 Å². The minimum absolute atomic E-state index is 0.492. The Bertz CT molecular complexity index is 324. The van der Waals surface area contributed by atoms with Gasteiger partial charge in [-0.3, -0.25) is 4.79 Å². The lowest BCUT2D eigenvalue weighted by molar-refractivity contribution is 0.111. The van der Waals surface area contributed by atoms with Crippen molar-refractivity contribution in [2.75, 3.05) is 0 Å². The number of carbonyl (C=O) groups excluding carboxylic acids is 1. The van der Waals surface area contributed by atoms with Gasteiger partial charge in [-0.25, -0.2) is 0 Å². The lowest BCUT2D eigenvalue weighted by Gasteiger charge is -2.06. The van der Waals surface area contributed by atoms with Gasteiger partial charge in [-0.05, 0) is 18.1 Å². The first-order valence-electron chi connectivity index (χ1n) is 3.88.